The van der Waals surface area contributed by atoms with E-state index in [1.807, 2.05) is 0 Å². The average molecular weight is 362 g/mol. The second kappa shape index (κ2) is 9.76. The number of hydrogen-bond acceptors (Lipinski definition) is 4. The van der Waals surface area contributed by atoms with Gasteiger partial charge in [0.2, 0.25) is 5.91 Å². The fraction of sp³-hybridized carbons (Fsp3) is 0.700. The molecule has 1 aliphatic carbocycles. The molecular weight excluding hydrogens is 332 g/mol. The SMILES string of the molecule is O=C(NCCCOC1CCCCC1)C1CCN(C(=O)c2ccoc2)CC1. The van der Waals surface area contributed by atoms with Gasteiger partial charge in [-0.25, -0.2) is 0 Å². The molecule has 2 fully saturated rings. The van der Waals surface area contributed by atoms with Gasteiger partial charge in [0.25, 0.3) is 5.91 Å². The van der Waals surface area contributed by atoms with Crippen LogP contribution in [0.3, 0.4) is 0 Å². The van der Waals surface area contributed by atoms with Gasteiger partial charge in [0.05, 0.1) is 17.9 Å². The summed E-state index contributed by atoms with van der Waals surface area (Å²) in [6.07, 6.45) is 12.0. The van der Waals surface area contributed by atoms with E-state index < -0.39 is 0 Å². The van der Waals surface area contributed by atoms with Gasteiger partial charge in [-0.1, -0.05) is 19.3 Å². The molecule has 0 unspecified atom stereocenters. The van der Waals surface area contributed by atoms with Crippen molar-refractivity contribution in [1.82, 2.24) is 10.2 Å². The van der Waals surface area contributed by atoms with Crippen LogP contribution in [0.5, 0.6) is 0 Å². The van der Waals surface area contributed by atoms with Crippen molar-refractivity contribution < 1.29 is 18.7 Å². The van der Waals surface area contributed by atoms with Crippen LogP contribution in [0, 0.1) is 5.92 Å². The Balaban J connectivity index is 1.28. The lowest BCUT2D eigenvalue weighted by atomic mass is 9.95. The Morgan fingerprint density at radius 2 is 1.92 bits per heavy atom. The second-order valence-electron chi connectivity index (χ2n) is 7.35. The lowest BCUT2D eigenvalue weighted by Gasteiger charge is -2.31. The number of amides is 2. The first kappa shape index (κ1) is 19.0. The third-order valence-corrected chi connectivity index (χ3v) is 5.45. The Bertz CT molecular complexity index is 558. The van der Waals surface area contributed by atoms with Crippen molar-refractivity contribution in [2.45, 2.75) is 57.5 Å². The zero-order valence-corrected chi connectivity index (χ0v) is 15.5. The highest BCUT2D eigenvalue weighted by atomic mass is 16.5. The number of furan rings is 1. The molecule has 0 aromatic carbocycles. The lowest BCUT2D eigenvalue weighted by molar-refractivity contribution is -0.126. The predicted molar refractivity (Wildman–Crippen MR) is 97.8 cm³/mol. The number of piperidine rings is 1. The van der Waals surface area contributed by atoms with E-state index in [9.17, 15) is 9.59 Å². The minimum Gasteiger partial charge on any atom is -0.472 e. The Morgan fingerprint density at radius 1 is 1.15 bits per heavy atom. The lowest BCUT2D eigenvalue weighted by Crippen LogP contribution is -2.43. The zero-order chi connectivity index (χ0) is 18.2. The molecule has 1 aliphatic heterocycles. The number of ether oxygens (including phenoxy) is 1. The van der Waals surface area contributed by atoms with E-state index in [4.69, 9.17) is 9.15 Å². The highest BCUT2D eigenvalue weighted by Gasteiger charge is 2.27. The van der Waals surface area contributed by atoms with Crippen LogP contribution in [-0.2, 0) is 9.53 Å². The van der Waals surface area contributed by atoms with Crippen molar-refractivity contribution in [3.8, 4) is 0 Å². The molecule has 144 valence electrons. The van der Waals surface area contributed by atoms with E-state index in [2.05, 4.69) is 5.32 Å². The van der Waals surface area contributed by atoms with Crippen LogP contribution in [0.25, 0.3) is 0 Å². The Kier molecular flexibility index (Phi) is 7.12. The van der Waals surface area contributed by atoms with Gasteiger partial charge in [-0.2, -0.15) is 0 Å². The van der Waals surface area contributed by atoms with Gasteiger partial charge in [-0.3, -0.25) is 9.59 Å². The average Bonchev–Trinajstić information content (AvgIpc) is 3.23. The van der Waals surface area contributed by atoms with Crippen LogP contribution in [0.15, 0.2) is 23.0 Å². The summed E-state index contributed by atoms with van der Waals surface area (Å²) in [5.74, 6) is 0.0956. The largest absolute Gasteiger partial charge is 0.472 e. The Hall–Kier alpha value is -1.82. The number of nitrogens with one attached hydrogen (secondary N) is 1. The van der Waals surface area contributed by atoms with Crippen molar-refractivity contribution in [1.29, 1.82) is 0 Å². The van der Waals surface area contributed by atoms with E-state index in [0.29, 0.717) is 44.1 Å². The molecule has 1 aromatic rings. The third kappa shape index (κ3) is 5.34. The highest BCUT2D eigenvalue weighted by molar-refractivity contribution is 5.94. The van der Waals surface area contributed by atoms with Gasteiger partial charge < -0.3 is 19.4 Å². The maximum absolute atomic E-state index is 12.3. The highest BCUT2D eigenvalue weighted by Crippen LogP contribution is 2.21. The van der Waals surface area contributed by atoms with Crippen molar-refractivity contribution in [3.63, 3.8) is 0 Å². The normalized spacial score (nSPS) is 19.5. The topological polar surface area (TPSA) is 71.8 Å². The van der Waals surface area contributed by atoms with Gasteiger partial charge in [-0.05, 0) is 38.2 Å². The molecule has 1 N–H and O–H groups in total. The molecule has 2 heterocycles. The van der Waals surface area contributed by atoms with Gasteiger partial charge in [-0.15, -0.1) is 0 Å². The van der Waals surface area contributed by atoms with Crippen LogP contribution in [0.2, 0.25) is 0 Å². The summed E-state index contributed by atoms with van der Waals surface area (Å²) in [5, 5.41) is 3.02. The molecule has 2 aliphatic rings. The van der Waals surface area contributed by atoms with Crippen LogP contribution >= 0.6 is 0 Å². The first-order valence-corrected chi connectivity index (χ1v) is 9.95. The van der Waals surface area contributed by atoms with Crippen LogP contribution in [-0.4, -0.2) is 49.1 Å². The summed E-state index contributed by atoms with van der Waals surface area (Å²) >= 11 is 0. The van der Waals surface area contributed by atoms with E-state index >= 15 is 0 Å². The molecule has 0 atom stereocenters. The fourth-order valence-corrected chi connectivity index (χ4v) is 3.82. The standard InChI is InChI=1S/C20H30N2O4/c23-19(21-10-4-13-26-18-5-2-1-3-6-18)16-7-11-22(12-8-16)20(24)17-9-14-25-15-17/h9,14-16,18H,1-8,10-13H2,(H,21,23). The number of carbonyl (C=O) groups excluding carboxylic acids is 2. The fourth-order valence-electron chi connectivity index (χ4n) is 3.82. The van der Waals surface area contributed by atoms with Crippen molar-refractivity contribution in [3.05, 3.63) is 24.2 Å². The van der Waals surface area contributed by atoms with Crippen molar-refractivity contribution >= 4 is 11.8 Å². The summed E-state index contributed by atoms with van der Waals surface area (Å²) in [4.78, 5) is 26.4. The first-order chi connectivity index (χ1) is 12.7. The summed E-state index contributed by atoms with van der Waals surface area (Å²) in [7, 11) is 0. The molecule has 1 saturated carbocycles. The molecule has 3 rings (SSSR count). The van der Waals surface area contributed by atoms with Crippen molar-refractivity contribution in [2.75, 3.05) is 26.2 Å². The Labute approximate surface area is 155 Å². The van der Waals surface area contributed by atoms with Crippen LogP contribution < -0.4 is 5.32 Å². The molecule has 0 radical (unpaired) electrons. The van der Waals surface area contributed by atoms with Crippen molar-refractivity contribution in [2.24, 2.45) is 5.92 Å². The van der Waals surface area contributed by atoms with Gasteiger partial charge in [0.1, 0.15) is 6.26 Å². The zero-order valence-electron chi connectivity index (χ0n) is 15.5. The number of carbonyl (C=O) groups is 2. The first-order valence-electron chi connectivity index (χ1n) is 9.95. The number of likely N-dealkylation sites (tertiary alicyclic amines) is 1. The van der Waals surface area contributed by atoms with Gasteiger partial charge in [0, 0.05) is 32.2 Å². The molecular formula is C20H30N2O4. The minimum absolute atomic E-state index is 0.00247. The smallest absolute Gasteiger partial charge is 0.257 e. The quantitative estimate of drug-likeness (QED) is 0.757. The maximum Gasteiger partial charge on any atom is 0.257 e. The van der Waals surface area contributed by atoms with Crippen LogP contribution in [0.1, 0.15) is 61.7 Å². The molecule has 2 amide bonds. The number of hydrogen-bond donors (Lipinski definition) is 1. The van der Waals surface area contributed by atoms with Gasteiger partial charge in [0.15, 0.2) is 0 Å². The molecule has 1 aromatic heterocycles. The summed E-state index contributed by atoms with van der Waals surface area (Å²) < 4.78 is 10.8. The molecule has 26 heavy (non-hydrogen) atoms. The summed E-state index contributed by atoms with van der Waals surface area (Å²) in [5.41, 5.74) is 0.575. The predicted octanol–water partition coefficient (Wildman–Crippen LogP) is 2.99. The molecule has 0 spiro atoms. The molecule has 6 heteroatoms. The second-order valence-corrected chi connectivity index (χ2v) is 7.35. The number of rotatable bonds is 7. The Morgan fingerprint density at radius 3 is 2.62 bits per heavy atom. The molecule has 0 bridgehead atoms. The summed E-state index contributed by atoms with van der Waals surface area (Å²) in [6.45, 7) is 2.63. The van der Waals surface area contributed by atoms with E-state index in [1.54, 1.807) is 11.0 Å². The molecule has 1 saturated heterocycles. The third-order valence-electron chi connectivity index (χ3n) is 5.45. The van der Waals surface area contributed by atoms with E-state index in [1.165, 1.54) is 44.6 Å². The maximum atomic E-state index is 12.3. The minimum atomic E-state index is -0.0162. The monoisotopic (exact) mass is 362 g/mol. The van der Waals surface area contributed by atoms with Crippen LogP contribution in [0.4, 0.5) is 0 Å². The number of nitrogens with zero attached hydrogens (tertiary/aromatic N) is 1. The van der Waals surface area contributed by atoms with E-state index in [0.717, 1.165) is 13.0 Å². The van der Waals surface area contributed by atoms with Gasteiger partial charge >= 0.3 is 0 Å². The molecule has 6 nitrogen and oxygen atoms in total. The van der Waals surface area contributed by atoms with E-state index in [-0.39, 0.29) is 17.7 Å². The summed E-state index contributed by atoms with van der Waals surface area (Å²) in [6, 6.07) is 1.68.